The van der Waals surface area contributed by atoms with Gasteiger partial charge in [-0.3, -0.25) is 4.98 Å². The second kappa shape index (κ2) is 3.15. The third-order valence-electron chi connectivity index (χ3n) is 2.38. The highest BCUT2D eigenvalue weighted by atomic mass is 15.2. The Morgan fingerprint density at radius 1 is 1.13 bits per heavy atom. The molecule has 15 heavy (non-hydrogen) atoms. The number of aromatic nitrogens is 1. The van der Waals surface area contributed by atoms with Crippen molar-refractivity contribution in [2.45, 2.75) is 0 Å². The molecule has 0 amide bonds. The maximum Gasteiger partial charge on any atom is 0.0708 e. The van der Waals surface area contributed by atoms with Crippen molar-refractivity contribution in [1.29, 1.82) is 0 Å². The number of hydrogen-bond acceptors (Lipinski definition) is 3. The van der Waals surface area contributed by atoms with Gasteiger partial charge in [0.15, 0.2) is 0 Å². The number of nitrogens with zero attached hydrogens (tertiary/aromatic N) is 3. The quantitative estimate of drug-likeness (QED) is 0.632. The number of pyridine rings is 1. The van der Waals surface area contributed by atoms with Gasteiger partial charge in [0.1, 0.15) is 0 Å². The lowest BCUT2D eigenvalue weighted by molar-refractivity contribution is 1.28. The Bertz CT molecular complexity index is 620. The maximum atomic E-state index is 4.29. The van der Waals surface area contributed by atoms with E-state index in [0.717, 1.165) is 22.0 Å². The van der Waals surface area contributed by atoms with Gasteiger partial charge in [-0.05, 0) is 17.7 Å². The van der Waals surface area contributed by atoms with Crippen LogP contribution in [0.4, 0.5) is 0 Å². The van der Waals surface area contributed by atoms with Crippen LogP contribution in [0, 0.1) is 0 Å². The minimum absolute atomic E-state index is 0.970. The highest BCUT2D eigenvalue weighted by Gasteiger charge is 2.04. The molecule has 0 atom stereocenters. The smallest absolute Gasteiger partial charge is 0.0708 e. The van der Waals surface area contributed by atoms with E-state index in [4.69, 9.17) is 0 Å². The van der Waals surface area contributed by atoms with Crippen LogP contribution < -0.4 is 0 Å². The standard InChI is InChI=1S/C12H7N3/c1-2-10-11-8-15-14-7-5-9(11)3-4-12(10)13-6-1/h1-6,8H. The molecule has 0 fully saturated rings. The Balaban J connectivity index is 2.45. The van der Waals surface area contributed by atoms with Gasteiger partial charge in [-0.2, -0.15) is 0 Å². The first-order chi connectivity index (χ1) is 7.45. The lowest BCUT2D eigenvalue weighted by atomic mass is 10.0. The molecule has 1 aromatic heterocycles. The zero-order valence-corrected chi connectivity index (χ0v) is 7.88. The van der Waals surface area contributed by atoms with Gasteiger partial charge in [0, 0.05) is 29.1 Å². The first-order valence-electron chi connectivity index (χ1n) is 4.65. The van der Waals surface area contributed by atoms with Crippen LogP contribution in [0.2, 0.25) is 0 Å². The third kappa shape index (κ3) is 1.26. The second-order valence-corrected chi connectivity index (χ2v) is 3.26. The molecule has 0 spiro atoms. The third-order valence-corrected chi connectivity index (χ3v) is 2.38. The van der Waals surface area contributed by atoms with Crippen LogP contribution in [0.3, 0.4) is 0 Å². The van der Waals surface area contributed by atoms with Gasteiger partial charge in [0.2, 0.25) is 0 Å². The van der Waals surface area contributed by atoms with Crippen molar-refractivity contribution < 1.29 is 0 Å². The molecule has 0 N–H and O–H groups in total. The summed E-state index contributed by atoms with van der Waals surface area (Å²) in [6.07, 6.45) is 5.36. The number of benzene rings is 1. The molecule has 3 rings (SSSR count). The predicted molar refractivity (Wildman–Crippen MR) is 61.2 cm³/mol. The van der Waals surface area contributed by atoms with Gasteiger partial charge >= 0.3 is 0 Å². The molecule has 2 aromatic rings. The topological polar surface area (TPSA) is 37.6 Å². The molecule has 2 heterocycles. The summed E-state index contributed by atoms with van der Waals surface area (Å²) in [6.45, 7) is 0. The van der Waals surface area contributed by atoms with Crippen molar-refractivity contribution in [3.05, 3.63) is 41.6 Å². The molecule has 0 bridgehead atoms. The van der Waals surface area contributed by atoms with Crippen molar-refractivity contribution in [2.75, 3.05) is 0 Å². The SMILES string of the molecule is C1=Cc2ccc3ncccc3c2C=NN=1. The van der Waals surface area contributed by atoms with Crippen LogP contribution in [0.15, 0.2) is 40.7 Å². The maximum absolute atomic E-state index is 4.29. The number of rotatable bonds is 0. The van der Waals surface area contributed by atoms with Crippen LogP contribution in [0.5, 0.6) is 0 Å². The minimum atomic E-state index is 0.970. The van der Waals surface area contributed by atoms with Crippen LogP contribution in [0.25, 0.3) is 17.0 Å². The molecule has 1 aliphatic heterocycles. The van der Waals surface area contributed by atoms with Gasteiger partial charge in [-0.15, -0.1) is 10.2 Å². The highest BCUT2D eigenvalue weighted by Crippen LogP contribution is 2.20. The summed E-state index contributed by atoms with van der Waals surface area (Å²) in [6, 6.07) is 7.95. The summed E-state index contributed by atoms with van der Waals surface area (Å²) in [4.78, 5) is 4.29. The van der Waals surface area contributed by atoms with Crippen LogP contribution in [0.1, 0.15) is 11.1 Å². The molecular formula is C12H7N3. The fourth-order valence-corrected chi connectivity index (χ4v) is 1.68. The summed E-state index contributed by atoms with van der Waals surface area (Å²) >= 11 is 0. The van der Waals surface area contributed by atoms with E-state index in [1.165, 1.54) is 0 Å². The van der Waals surface area contributed by atoms with Crippen molar-refractivity contribution in [3.8, 4) is 0 Å². The Morgan fingerprint density at radius 2 is 2.13 bits per heavy atom. The molecule has 0 radical (unpaired) electrons. The average molecular weight is 193 g/mol. The fraction of sp³-hybridized carbons (Fsp3) is 0. The lowest BCUT2D eigenvalue weighted by Crippen LogP contribution is -1.90. The normalized spacial score (nSPS) is 12.8. The monoisotopic (exact) mass is 193 g/mol. The second-order valence-electron chi connectivity index (χ2n) is 3.26. The molecule has 1 aromatic carbocycles. The summed E-state index contributed by atoms with van der Waals surface area (Å²) in [7, 11) is 0. The van der Waals surface area contributed by atoms with Crippen LogP contribution in [-0.2, 0) is 0 Å². The van der Waals surface area contributed by atoms with E-state index in [-0.39, 0.29) is 0 Å². The van der Waals surface area contributed by atoms with E-state index in [9.17, 15) is 0 Å². The van der Waals surface area contributed by atoms with Crippen molar-refractivity contribution >= 4 is 29.1 Å². The first-order valence-corrected chi connectivity index (χ1v) is 4.65. The van der Waals surface area contributed by atoms with Crippen molar-refractivity contribution in [2.24, 2.45) is 10.2 Å². The van der Waals surface area contributed by atoms with E-state index < -0.39 is 0 Å². The van der Waals surface area contributed by atoms with E-state index >= 15 is 0 Å². The molecule has 70 valence electrons. The zero-order chi connectivity index (χ0) is 10.1. The molecular weight excluding hydrogens is 186 g/mol. The van der Waals surface area contributed by atoms with Gasteiger partial charge in [-0.25, -0.2) is 0 Å². The first kappa shape index (κ1) is 8.09. The molecule has 1 aliphatic rings. The Kier molecular flexibility index (Phi) is 1.70. The average Bonchev–Trinajstić information content (AvgIpc) is 2.54. The number of hydrogen-bond donors (Lipinski definition) is 0. The van der Waals surface area contributed by atoms with Crippen LogP contribution >= 0.6 is 0 Å². The van der Waals surface area contributed by atoms with Gasteiger partial charge in [0.25, 0.3) is 0 Å². The lowest BCUT2D eigenvalue weighted by Gasteiger charge is -2.03. The summed E-state index contributed by atoms with van der Waals surface area (Å²) in [5.41, 5.74) is 3.09. The highest BCUT2D eigenvalue weighted by molar-refractivity contribution is 6.04. The molecule has 0 unspecified atom stereocenters. The van der Waals surface area contributed by atoms with Gasteiger partial charge < -0.3 is 0 Å². The van der Waals surface area contributed by atoms with Crippen molar-refractivity contribution in [1.82, 2.24) is 4.98 Å². The molecule has 0 saturated carbocycles. The predicted octanol–water partition coefficient (Wildman–Crippen LogP) is 2.27. The molecule has 0 aliphatic carbocycles. The fourth-order valence-electron chi connectivity index (χ4n) is 1.68. The Morgan fingerprint density at radius 3 is 3.13 bits per heavy atom. The Hall–Kier alpha value is -2.25. The molecule has 3 nitrogen and oxygen atoms in total. The zero-order valence-electron chi connectivity index (χ0n) is 7.88. The van der Waals surface area contributed by atoms with E-state index in [1.807, 2.05) is 30.3 Å². The van der Waals surface area contributed by atoms with Gasteiger partial charge in [0.05, 0.1) is 11.7 Å². The van der Waals surface area contributed by atoms with Gasteiger partial charge in [-0.1, -0.05) is 12.1 Å². The van der Waals surface area contributed by atoms with E-state index in [2.05, 4.69) is 21.1 Å². The summed E-state index contributed by atoms with van der Waals surface area (Å²) in [5, 5.41) is 8.72. The summed E-state index contributed by atoms with van der Waals surface area (Å²) in [5.74, 6) is 2.75. The largest absolute Gasteiger partial charge is 0.256 e. The van der Waals surface area contributed by atoms with Crippen LogP contribution in [-0.4, -0.2) is 17.1 Å². The Labute approximate surface area is 86.5 Å². The van der Waals surface area contributed by atoms with E-state index in [0.29, 0.717) is 0 Å². The minimum Gasteiger partial charge on any atom is -0.256 e. The molecule has 3 heteroatoms. The summed E-state index contributed by atoms with van der Waals surface area (Å²) < 4.78 is 0. The van der Waals surface area contributed by atoms with E-state index in [1.54, 1.807) is 12.4 Å². The molecule has 0 saturated heterocycles. The number of fused-ring (bicyclic) bond motifs is 3. The van der Waals surface area contributed by atoms with Crippen molar-refractivity contribution in [3.63, 3.8) is 0 Å².